The first-order valence-corrected chi connectivity index (χ1v) is 11.1. The smallest absolute Gasteiger partial charge is 0.193 e. The van der Waals surface area contributed by atoms with Crippen LogP contribution in [0.15, 0.2) is 9.98 Å². The van der Waals surface area contributed by atoms with E-state index in [-0.39, 0.29) is 34.1 Å². The fraction of sp³-hybridized carbons (Fsp3) is 0.913. The normalized spacial score (nSPS) is 31.9. The predicted octanol–water partition coefficient (Wildman–Crippen LogP) is 5.69. The fourth-order valence-electron chi connectivity index (χ4n) is 6.11. The maximum Gasteiger partial charge on any atom is 0.193 e. The van der Waals surface area contributed by atoms with Crippen LogP contribution in [0.3, 0.4) is 0 Å². The number of rotatable bonds is 2. The monoisotopic (exact) mass is 374 g/mol. The molecule has 152 valence electrons. The van der Waals surface area contributed by atoms with Crippen LogP contribution in [0.1, 0.15) is 99.3 Å². The van der Waals surface area contributed by atoms with Crippen molar-refractivity contribution >= 4 is 11.8 Å². The van der Waals surface area contributed by atoms with Crippen molar-refractivity contribution in [2.24, 2.45) is 20.8 Å². The zero-order valence-corrected chi connectivity index (χ0v) is 18.2. The van der Waals surface area contributed by atoms with E-state index in [1.807, 2.05) is 0 Å². The van der Waals surface area contributed by atoms with Crippen molar-refractivity contribution in [2.45, 2.75) is 123 Å². The van der Waals surface area contributed by atoms with E-state index in [9.17, 15) is 0 Å². The molecule has 27 heavy (non-hydrogen) atoms. The summed E-state index contributed by atoms with van der Waals surface area (Å²) in [5.74, 6) is 1.72. The van der Waals surface area contributed by atoms with E-state index in [4.69, 9.17) is 19.5 Å². The van der Waals surface area contributed by atoms with Crippen molar-refractivity contribution < 1.29 is 9.47 Å². The molecule has 2 aliphatic heterocycles. The Balaban J connectivity index is 1.55. The van der Waals surface area contributed by atoms with Crippen LogP contribution in [0, 0.1) is 10.8 Å². The minimum atomic E-state index is -0.0821. The number of ether oxygens (including phenoxy) is 2. The van der Waals surface area contributed by atoms with Crippen LogP contribution in [0.4, 0.5) is 0 Å². The van der Waals surface area contributed by atoms with Crippen LogP contribution in [0.5, 0.6) is 0 Å². The summed E-state index contributed by atoms with van der Waals surface area (Å²) in [7, 11) is 0. The van der Waals surface area contributed by atoms with Gasteiger partial charge in [-0.2, -0.15) is 0 Å². The maximum atomic E-state index is 6.57. The van der Waals surface area contributed by atoms with Crippen molar-refractivity contribution in [1.29, 1.82) is 0 Å². The van der Waals surface area contributed by atoms with Crippen LogP contribution >= 0.6 is 0 Å². The fourth-order valence-corrected chi connectivity index (χ4v) is 6.11. The third-order valence-electron chi connectivity index (χ3n) is 7.03. The van der Waals surface area contributed by atoms with Crippen molar-refractivity contribution in [3.05, 3.63) is 0 Å². The average molecular weight is 375 g/mol. The van der Waals surface area contributed by atoms with Gasteiger partial charge in [0.2, 0.25) is 0 Å². The van der Waals surface area contributed by atoms with Gasteiger partial charge in [-0.1, -0.05) is 41.5 Å². The average Bonchev–Trinajstić information content (AvgIpc) is 3.30. The lowest BCUT2D eigenvalue weighted by atomic mass is 9.76. The molecule has 0 radical (unpaired) electrons. The molecule has 2 fully saturated rings. The third kappa shape index (κ3) is 3.31. The second-order valence-corrected chi connectivity index (χ2v) is 11.5. The van der Waals surface area contributed by atoms with E-state index in [1.165, 1.54) is 25.7 Å². The third-order valence-corrected chi connectivity index (χ3v) is 7.03. The Labute approximate surface area is 165 Å². The number of nitrogens with zero attached hydrogens (tertiary/aromatic N) is 2. The largest absolute Gasteiger partial charge is 0.472 e. The van der Waals surface area contributed by atoms with E-state index in [0.717, 1.165) is 37.5 Å². The maximum absolute atomic E-state index is 6.57. The van der Waals surface area contributed by atoms with Gasteiger partial charge in [0.05, 0.1) is 18.5 Å². The molecule has 2 spiro atoms. The molecule has 0 amide bonds. The summed E-state index contributed by atoms with van der Waals surface area (Å²) in [6.07, 6.45) is 10.2. The molecule has 2 heterocycles. The first-order valence-electron chi connectivity index (χ1n) is 11.1. The summed E-state index contributed by atoms with van der Waals surface area (Å²) in [5.41, 5.74) is 0.0680. The van der Waals surface area contributed by atoms with Gasteiger partial charge in [-0.25, -0.2) is 9.98 Å². The molecule has 2 saturated carbocycles. The molecule has 4 heteroatoms. The molecule has 2 aliphatic carbocycles. The van der Waals surface area contributed by atoms with E-state index >= 15 is 0 Å². The molecule has 0 aromatic carbocycles. The second-order valence-electron chi connectivity index (χ2n) is 11.5. The lowest BCUT2D eigenvalue weighted by Crippen LogP contribution is -2.45. The summed E-state index contributed by atoms with van der Waals surface area (Å²) in [4.78, 5) is 10.2. The Morgan fingerprint density at radius 1 is 0.704 bits per heavy atom. The number of aliphatic imine (C=N–C) groups is 2. The summed E-state index contributed by atoms with van der Waals surface area (Å²) in [5, 5.41) is 0. The van der Waals surface area contributed by atoms with Crippen molar-refractivity contribution in [3.63, 3.8) is 0 Å². The molecule has 0 unspecified atom stereocenters. The van der Waals surface area contributed by atoms with Gasteiger partial charge in [-0.05, 0) is 62.2 Å². The van der Waals surface area contributed by atoms with Gasteiger partial charge in [-0.3, -0.25) is 0 Å². The summed E-state index contributed by atoms with van der Waals surface area (Å²) < 4.78 is 13.1. The minimum Gasteiger partial charge on any atom is -0.472 e. The van der Waals surface area contributed by atoms with Crippen molar-refractivity contribution in [1.82, 2.24) is 0 Å². The van der Waals surface area contributed by atoms with Crippen LogP contribution in [-0.4, -0.2) is 35.1 Å². The topological polar surface area (TPSA) is 43.2 Å². The summed E-state index contributed by atoms with van der Waals surface area (Å²) >= 11 is 0. The summed E-state index contributed by atoms with van der Waals surface area (Å²) in [6, 6.07) is 0.478. The quantitative estimate of drug-likeness (QED) is 0.623. The lowest BCUT2D eigenvalue weighted by Gasteiger charge is -2.37. The Hall–Kier alpha value is -1.06. The molecule has 0 bridgehead atoms. The highest BCUT2D eigenvalue weighted by atomic mass is 16.5. The molecule has 4 rings (SSSR count). The SMILES string of the molecule is CC(C)(C)[C@@H]1N=C(CC2=N[C@@H](C(C)(C)C)C3(CCCC3)O2)OC12CCCC2. The highest BCUT2D eigenvalue weighted by Gasteiger charge is 2.55. The first-order chi connectivity index (χ1) is 12.5. The van der Waals surface area contributed by atoms with Crippen LogP contribution in [-0.2, 0) is 9.47 Å². The number of hydrogen-bond acceptors (Lipinski definition) is 4. The molecule has 4 aliphatic rings. The highest BCUT2D eigenvalue weighted by molar-refractivity contribution is 5.99. The molecule has 0 aromatic rings. The zero-order chi connectivity index (χ0) is 19.5. The standard InChI is InChI=1S/C23H38N2O2/c1-20(2,3)18-22(11-7-8-12-22)26-16(24-18)15-17-25-19(21(4,5)6)23(27-17)13-9-10-14-23/h18-19H,7-15H2,1-6H3/t18-,19-/m0/s1. The van der Waals surface area contributed by atoms with Gasteiger partial charge in [-0.15, -0.1) is 0 Å². The van der Waals surface area contributed by atoms with Crippen molar-refractivity contribution in [3.8, 4) is 0 Å². The van der Waals surface area contributed by atoms with Crippen LogP contribution in [0.25, 0.3) is 0 Å². The van der Waals surface area contributed by atoms with Gasteiger partial charge in [0.1, 0.15) is 11.2 Å². The Bertz CT molecular complexity index is 582. The van der Waals surface area contributed by atoms with Crippen LogP contribution < -0.4 is 0 Å². The first kappa shape index (κ1) is 19.3. The second kappa shape index (κ2) is 6.22. The van der Waals surface area contributed by atoms with Gasteiger partial charge in [0, 0.05) is 0 Å². The summed E-state index contributed by atoms with van der Waals surface area (Å²) in [6.45, 7) is 13.8. The van der Waals surface area contributed by atoms with Gasteiger partial charge in [0.25, 0.3) is 0 Å². The minimum absolute atomic E-state index is 0.0821. The molecule has 0 aromatic heterocycles. The van der Waals surface area contributed by atoms with E-state index in [0.29, 0.717) is 6.42 Å². The van der Waals surface area contributed by atoms with E-state index < -0.39 is 0 Å². The van der Waals surface area contributed by atoms with Gasteiger partial charge >= 0.3 is 0 Å². The number of hydrogen-bond donors (Lipinski definition) is 0. The van der Waals surface area contributed by atoms with E-state index in [2.05, 4.69) is 41.5 Å². The molecular weight excluding hydrogens is 336 g/mol. The molecule has 0 N–H and O–H groups in total. The Morgan fingerprint density at radius 3 is 1.33 bits per heavy atom. The van der Waals surface area contributed by atoms with Gasteiger partial charge < -0.3 is 9.47 Å². The lowest BCUT2D eigenvalue weighted by molar-refractivity contribution is 0.0207. The molecule has 4 nitrogen and oxygen atoms in total. The zero-order valence-electron chi connectivity index (χ0n) is 18.2. The molecule has 0 saturated heterocycles. The Kier molecular flexibility index (Phi) is 4.44. The van der Waals surface area contributed by atoms with E-state index in [1.54, 1.807) is 0 Å². The van der Waals surface area contributed by atoms with Crippen molar-refractivity contribution in [2.75, 3.05) is 0 Å². The van der Waals surface area contributed by atoms with Gasteiger partial charge in [0.15, 0.2) is 11.8 Å². The predicted molar refractivity (Wildman–Crippen MR) is 111 cm³/mol. The van der Waals surface area contributed by atoms with Crippen LogP contribution in [0.2, 0.25) is 0 Å². The molecular formula is C23H38N2O2. The molecule has 2 atom stereocenters. The highest BCUT2D eigenvalue weighted by Crippen LogP contribution is 2.50. The Morgan fingerprint density at radius 2 is 1.04 bits per heavy atom.